The maximum Gasteiger partial charge on any atom is 0.224 e. The molecule has 0 atom stereocenters. The first-order valence-electron chi connectivity index (χ1n) is 10.0. The number of nitrogens with zero attached hydrogens (tertiary/aromatic N) is 2. The Morgan fingerprint density at radius 2 is 1.69 bits per heavy atom. The summed E-state index contributed by atoms with van der Waals surface area (Å²) in [5.41, 5.74) is 8.06. The number of benzene rings is 3. The Labute approximate surface area is 171 Å². The number of aryl methyl sites for hydroxylation is 3. The number of aromatic nitrogens is 2. The molecule has 2 nitrogen and oxygen atoms in total. The highest BCUT2D eigenvalue weighted by Crippen LogP contribution is 2.44. The van der Waals surface area contributed by atoms with Crippen LogP contribution in [-0.4, -0.2) is 4.40 Å². The zero-order chi connectivity index (χ0) is 19.4. The van der Waals surface area contributed by atoms with Crippen molar-refractivity contribution in [1.82, 2.24) is 4.40 Å². The van der Waals surface area contributed by atoms with Gasteiger partial charge in [-0.25, -0.2) is 4.57 Å². The van der Waals surface area contributed by atoms with E-state index in [0.717, 1.165) is 0 Å². The number of para-hydroxylation sites is 1. The van der Waals surface area contributed by atoms with E-state index >= 15 is 0 Å². The minimum atomic E-state index is 1.30. The summed E-state index contributed by atoms with van der Waals surface area (Å²) in [7, 11) is 2.18. The molecule has 0 bridgehead atoms. The molecule has 29 heavy (non-hydrogen) atoms. The molecule has 7 aromatic rings. The number of hydrogen-bond donors (Lipinski definition) is 0. The molecule has 0 fully saturated rings. The molecule has 3 heteroatoms. The van der Waals surface area contributed by atoms with Gasteiger partial charge in [0, 0.05) is 26.9 Å². The van der Waals surface area contributed by atoms with Gasteiger partial charge in [0.2, 0.25) is 5.52 Å². The molecule has 0 aliphatic heterocycles. The second-order valence-corrected chi connectivity index (χ2v) is 9.19. The molecule has 3 aromatic carbocycles. The molecule has 7 rings (SSSR count). The van der Waals surface area contributed by atoms with Crippen LogP contribution in [0.1, 0.15) is 11.1 Å². The van der Waals surface area contributed by atoms with Crippen molar-refractivity contribution in [2.45, 2.75) is 13.8 Å². The van der Waals surface area contributed by atoms with Crippen molar-refractivity contribution in [1.29, 1.82) is 0 Å². The highest BCUT2D eigenvalue weighted by molar-refractivity contribution is 7.17. The van der Waals surface area contributed by atoms with Crippen LogP contribution in [0, 0.1) is 13.8 Å². The number of thiophene rings is 1. The van der Waals surface area contributed by atoms with Crippen molar-refractivity contribution >= 4 is 70.4 Å². The number of hydrogen-bond acceptors (Lipinski definition) is 1. The third kappa shape index (κ3) is 1.72. The van der Waals surface area contributed by atoms with Crippen molar-refractivity contribution in [3.05, 3.63) is 71.2 Å². The summed E-state index contributed by atoms with van der Waals surface area (Å²) in [4.78, 5) is 0. The van der Waals surface area contributed by atoms with E-state index in [4.69, 9.17) is 0 Å². The van der Waals surface area contributed by atoms with Gasteiger partial charge in [-0.15, -0.1) is 11.3 Å². The lowest BCUT2D eigenvalue weighted by Gasteiger charge is -2.14. The molecule has 0 N–H and O–H groups in total. The van der Waals surface area contributed by atoms with Gasteiger partial charge in [0.05, 0.1) is 27.3 Å². The predicted octanol–water partition coefficient (Wildman–Crippen LogP) is 6.65. The Morgan fingerprint density at radius 3 is 2.59 bits per heavy atom. The molecule has 4 aromatic heterocycles. The Morgan fingerprint density at radius 1 is 0.862 bits per heavy atom. The van der Waals surface area contributed by atoms with Crippen molar-refractivity contribution in [3.63, 3.8) is 0 Å². The van der Waals surface area contributed by atoms with Crippen LogP contribution in [0.2, 0.25) is 0 Å². The molecule has 0 saturated heterocycles. The number of fused-ring (bicyclic) bond motifs is 7. The average molecular weight is 392 g/mol. The monoisotopic (exact) mass is 391 g/mol. The van der Waals surface area contributed by atoms with Crippen LogP contribution < -0.4 is 4.57 Å². The van der Waals surface area contributed by atoms with Crippen LogP contribution in [0.5, 0.6) is 0 Å². The van der Waals surface area contributed by atoms with Crippen molar-refractivity contribution in [2.75, 3.05) is 0 Å². The quantitative estimate of drug-likeness (QED) is 0.155. The first-order chi connectivity index (χ1) is 14.1. The second kappa shape index (κ2) is 5.05. The summed E-state index contributed by atoms with van der Waals surface area (Å²) < 4.78 is 6.20. The molecule has 0 unspecified atom stereocenters. The van der Waals surface area contributed by atoms with E-state index in [1.165, 1.54) is 70.2 Å². The van der Waals surface area contributed by atoms with E-state index < -0.39 is 0 Å². The smallest absolute Gasteiger partial charge is 0.224 e. The van der Waals surface area contributed by atoms with Gasteiger partial charge in [-0.2, -0.15) is 0 Å². The van der Waals surface area contributed by atoms with Crippen LogP contribution in [-0.2, 0) is 7.05 Å². The fourth-order valence-electron chi connectivity index (χ4n) is 5.35. The fraction of sp³-hybridized carbons (Fsp3) is 0.115. The standard InChI is InChI=1S/C26H19N2S/c1-14-12-19-17-6-4-5-7-20(17)28-24-18-9-11-29-21(18)13-16-8-10-27(3)26(23(16)24)22(15(14)2)25(19)28/h4-13H,1-3H3/q+1. The summed E-state index contributed by atoms with van der Waals surface area (Å²) in [6, 6.07) is 18.2. The SMILES string of the molecule is Cc1cc2c3ccccc3n3c2c(c1C)c1c2c(cc[n+]1C)cc1sccc1c23. The Hall–Kier alpha value is -3.17. The van der Waals surface area contributed by atoms with Gasteiger partial charge < -0.3 is 4.40 Å². The van der Waals surface area contributed by atoms with E-state index in [9.17, 15) is 0 Å². The Bertz CT molecular complexity index is 1780. The van der Waals surface area contributed by atoms with E-state index in [1.54, 1.807) is 0 Å². The lowest BCUT2D eigenvalue weighted by molar-refractivity contribution is -0.643. The summed E-state index contributed by atoms with van der Waals surface area (Å²) in [5.74, 6) is 0. The Kier molecular flexibility index (Phi) is 2.74. The number of pyridine rings is 2. The summed E-state index contributed by atoms with van der Waals surface area (Å²) in [5, 5.41) is 10.3. The van der Waals surface area contributed by atoms with Crippen LogP contribution in [0.15, 0.2) is 60.1 Å². The number of rotatable bonds is 0. The molecular weight excluding hydrogens is 372 g/mol. The molecule has 138 valence electrons. The molecule has 0 radical (unpaired) electrons. The van der Waals surface area contributed by atoms with Crippen LogP contribution >= 0.6 is 11.3 Å². The van der Waals surface area contributed by atoms with Crippen LogP contribution in [0.3, 0.4) is 0 Å². The van der Waals surface area contributed by atoms with Crippen molar-refractivity contribution in [3.8, 4) is 0 Å². The second-order valence-electron chi connectivity index (χ2n) is 8.24. The van der Waals surface area contributed by atoms with E-state index in [0.29, 0.717) is 0 Å². The van der Waals surface area contributed by atoms with E-state index in [-0.39, 0.29) is 0 Å². The third-order valence-electron chi connectivity index (χ3n) is 6.77. The summed E-state index contributed by atoms with van der Waals surface area (Å²) in [6.07, 6.45) is 2.22. The minimum Gasteiger partial charge on any atom is -0.307 e. The van der Waals surface area contributed by atoms with Crippen molar-refractivity contribution < 1.29 is 4.57 Å². The lowest BCUT2D eigenvalue weighted by Crippen LogP contribution is -2.29. The third-order valence-corrected chi connectivity index (χ3v) is 7.63. The van der Waals surface area contributed by atoms with Gasteiger partial charge in [-0.1, -0.05) is 18.2 Å². The van der Waals surface area contributed by atoms with Crippen LogP contribution in [0.25, 0.3) is 59.1 Å². The van der Waals surface area contributed by atoms with E-state index in [1.807, 2.05) is 11.3 Å². The van der Waals surface area contributed by atoms with Crippen molar-refractivity contribution in [2.24, 2.45) is 7.05 Å². The normalized spacial score (nSPS) is 12.7. The molecule has 0 saturated carbocycles. The fourth-order valence-corrected chi connectivity index (χ4v) is 6.19. The molecule has 0 aliphatic rings. The first-order valence-corrected chi connectivity index (χ1v) is 10.9. The van der Waals surface area contributed by atoms with Gasteiger partial charge in [0.1, 0.15) is 7.05 Å². The predicted molar refractivity (Wildman–Crippen MR) is 125 cm³/mol. The average Bonchev–Trinajstić information content (AvgIpc) is 3.32. The van der Waals surface area contributed by atoms with E-state index in [2.05, 4.69) is 90.0 Å². The van der Waals surface area contributed by atoms with Gasteiger partial charge in [-0.05, 0) is 60.0 Å². The zero-order valence-electron chi connectivity index (χ0n) is 16.6. The molecule has 0 amide bonds. The van der Waals surface area contributed by atoms with Crippen LogP contribution in [0.4, 0.5) is 0 Å². The topological polar surface area (TPSA) is 8.29 Å². The first kappa shape index (κ1) is 15.7. The van der Waals surface area contributed by atoms with Gasteiger partial charge >= 0.3 is 0 Å². The molecule has 0 spiro atoms. The molecule has 0 aliphatic carbocycles. The van der Waals surface area contributed by atoms with Gasteiger partial charge in [0.15, 0.2) is 6.20 Å². The molecule has 4 heterocycles. The highest BCUT2D eigenvalue weighted by Gasteiger charge is 2.25. The Balaban J connectivity index is 2.06. The maximum absolute atomic E-state index is 2.54. The maximum atomic E-state index is 2.54. The summed E-state index contributed by atoms with van der Waals surface area (Å²) in [6.45, 7) is 4.52. The zero-order valence-corrected chi connectivity index (χ0v) is 17.4. The summed E-state index contributed by atoms with van der Waals surface area (Å²) >= 11 is 1.83. The lowest BCUT2D eigenvalue weighted by atomic mass is 9.96. The largest absolute Gasteiger partial charge is 0.307 e. The van der Waals surface area contributed by atoms with Gasteiger partial charge in [0.25, 0.3) is 0 Å². The molecular formula is C26H19N2S+. The minimum absolute atomic E-state index is 1.30. The highest BCUT2D eigenvalue weighted by atomic mass is 32.1. The van der Waals surface area contributed by atoms with Gasteiger partial charge in [-0.3, -0.25) is 0 Å².